The molecule has 0 atom stereocenters. The summed E-state index contributed by atoms with van der Waals surface area (Å²) in [4.78, 5) is 24.5. The summed E-state index contributed by atoms with van der Waals surface area (Å²) in [5.74, 6) is 1.37. The highest BCUT2D eigenvalue weighted by Crippen LogP contribution is 2.32. The quantitative estimate of drug-likeness (QED) is 0.605. The van der Waals surface area contributed by atoms with E-state index in [0.29, 0.717) is 35.0 Å². The SMILES string of the molecule is CCOc1ccc(C(=O)CC(=O)c2ccc3c(c2)OCO3)cc1. The maximum atomic E-state index is 12.3. The van der Waals surface area contributed by atoms with Crippen LogP contribution >= 0.6 is 0 Å². The van der Waals surface area contributed by atoms with Crippen LogP contribution in [0.3, 0.4) is 0 Å². The van der Waals surface area contributed by atoms with E-state index in [1.54, 1.807) is 42.5 Å². The fourth-order valence-electron chi connectivity index (χ4n) is 2.32. The minimum Gasteiger partial charge on any atom is -0.494 e. The minimum atomic E-state index is -0.248. The first-order valence-electron chi connectivity index (χ1n) is 7.36. The zero-order valence-electron chi connectivity index (χ0n) is 12.7. The molecule has 2 aromatic rings. The predicted molar refractivity (Wildman–Crippen MR) is 83.5 cm³/mol. The maximum absolute atomic E-state index is 12.3. The van der Waals surface area contributed by atoms with Crippen molar-refractivity contribution >= 4 is 11.6 Å². The van der Waals surface area contributed by atoms with Crippen molar-refractivity contribution in [3.8, 4) is 17.2 Å². The predicted octanol–water partition coefficient (Wildman–Crippen LogP) is 3.27. The van der Waals surface area contributed by atoms with Crippen molar-refractivity contribution in [2.24, 2.45) is 0 Å². The smallest absolute Gasteiger partial charge is 0.231 e. The number of carbonyl (C=O) groups excluding carboxylic acids is 2. The molecule has 1 heterocycles. The summed E-state index contributed by atoms with van der Waals surface area (Å²) >= 11 is 0. The first-order chi connectivity index (χ1) is 11.2. The number of ketones is 2. The Kier molecular flexibility index (Phi) is 4.28. The molecular formula is C18H16O5. The maximum Gasteiger partial charge on any atom is 0.231 e. The van der Waals surface area contributed by atoms with Gasteiger partial charge in [0.2, 0.25) is 6.79 Å². The monoisotopic (exact) mass is 312 g/mol. The number of Topliss-reactive ketones (excluding diaryl/α,β-unsaturated/α-hetero) is 2. The van der Waals surface area contributed by atoms with E-state index in [-0.39, 0.29) is 24.8 Å². The Morgan fingerprint density at radius 3 is 2.35 bits per heavy atom. The molecule has 1 aliphatic rings. The molecule has 23 heavy (non-hydrogen) atoms. The van der Waals surface area contributed by atoms with E-state index < -0.39 is 0 Å². The van der Waals surface area contributed by atoms with Crippen LogP contribution in [0.5, 0.6) is 17.2 Å². The number of carbonyl (C=O) groups is 2. The molecule has 2 aromatic carbocycles. The van der Waals surface area contributed by atoms with Gasteiger partial charge in [0.25, 0.3) is 0 Å². The van der Waals surface area contributed by atoms with E-state index in [1.807, 2.05) is 6.92 Å². The molecule has 0 fully saturated rings. The molecule has 0 aliphatic carbocycles. The van der Waals surface area contributed by atoms with Crippen LogP contribution in [0.15, 0.2) is 42.5 Å². The average molecular weight is 312 g/mol. The molecule has 0 radical (unpaired) electrons. The van der Waals surface area contributed by atoms with E-state index in [0.717, 1.165) is 0 Å². The van der Waals surface area contributed by atoms with Crippen LogP contribution < -0.4 is 14.2 Å². The summed E-state index contributed by atoms with van der Waals surface area (Å²) in [5.41, 5.74) is 0.927. The van der Waals surface area contributed by atoms with Crippen molar-refractivity contribution < 1.29 is 23.8 Å². The Hall–Kier alpha value is -2.82. The van der Waals surface area contributed by atoms with E-state index in [4.69, 9.17) is 14.2 Å². The van der Waals surface area contributed by atoms with E-state index in [2.05, 4.69) is 0 Å². The molecule has 1 aliphatic heterocycles. The van der Waals surface area contributed by atoms with Gasteiger partial charge in [0.15, 0.2) is 23.1 Å². The van der Waals surface area contributed by atoms with Crippen LogP contribution in [0.25, 0.3) is 0 Å². The van der Waals surface area contributed by atoms with Gasteiger partial charge in [-0.2, -0.15) is 0 Å². The van der Waals surface area contributed by atoms with Gasteiger partial charge in [-0.05, 0) is 49.4 Å². The molecule has 3 rings (SSSR count). The van der Waals surface area contributed by atoms with Gasteiger partial charge >= 0.3 is 0 Å². The number of fused-ring (bicyclic) bond motifs is 1. The summed E-state index contributed by atoms with van der Waals surface area (Å²) in [6.45, 7) is 2.61. The summed E-state index contributed by atoms with van der Waals surface area (Å²) in [6, 6.07) is 11.7. The molecule has 0 N–H and O–H groups in total. The van der Waals surface area contributed by atoms with Gasteiger partial charge in [-0.25, -0.2) is 0 Å². The van der Waals surface area contributed by atoms with Crippen LogP contribution in [0.1, 0.15) is 34.1 Å². The molecule has 5 nitrogen and oxygen atoms in total. The van der Waals surface area contributed by atoms with Gasteiger partial charge in [-0.15, -0.1) is 0 Å². The summed E-state index contributed by atoms with van der Waals surface area (Å²) < 4.78 is 15.8. The number of hydrogen-bond donors (Lipinski definition) is 0. The van der Waals surface area contributed by atoms with Crippen molar-refractivity contribution in [2.45, 2.75) is 13.3 Å². The molecular weight excluding hydrogens is 296 g/mol. The lowest BCUT2D eigenvalue weighted by molar-refractivity contribution is 0.0894. The lowest BCUT2D eigenvalue weighted by Gasteiger charge is -2.05. The lowest BCUT2D eigenvalue weighted by Crippen LogP contribution is -2.08. The Labute approximate surface area is 133 Å². The third-order valence-electron chi connectivity index (χ3n) is 3.50. The van der Waals surface area contributed by atoms with Crippen molar-refractivity contribution in [2.75, 3.05) is 13.4 Å². The number of rotatable bonds is 6. The second kappa shape index (κ2) is 6.52. The fraction of sp³-hybridized carbons (Fsp3) is 0.222. The first kappa shape index (κ1) is 15.1. The summed E-state index contributed by atoms with van der Waals surface area (Å²) in [7, 11) is 0. The normalized spacial score (nSPS) is 12.0. The highest BCUT2D eigenvalue weighted by molar-refractivity contribution is 6.13. The molecule has 0 unspecified atom stereocenters. The van der Waals surface area contributed by atoms with Crippen LogP contribution in [0, 0.1) is 0 Å². The van der Waals surface area contributed by atoms with Crippen LogP contribution in [0.4, 0.5) is 0 Å². The zero-order chi connectivity index (χ0) is 16.2. The van der Waals surface area contributed by atoms with Gasteiger partial charge in [0, 0.05) is 11.1 Å². The Balaban J connectivity index is 1.68. The number of ether oxygens (including phenoxy) is 3. The molecule has 5 heteroatoms. The van der Waals surface area contributed by atoms with Gasteiger partial charge in [-0.3, -0.25) is 9.59 Å². The average Bonchev–Trinajstić information content (AvgIpc) is 3.03. The summed E-state index contributed by atoms with van der Waals surface area (Å²) in [6.07, 6.45) is -0.187. The van der Waals surface area contributed by atoms with Gasteiger partial charge in [0.1, 0.15) is 5.75 Å². The van der Waals surface area contributed by atoms with Crippen LogP contribution in [0.2, 0.25) is 0 Å². The third-order valence-corrected chi connectivity index (χ3v) is 3.50. The molecule has 0 bridgehead atoms. The molecule has 0 amide bonds. The first-order valence-corrected chi connectivity index (χ1v) is 7.36. The topological polar surface area (TPSA) is 61.8 Å². The van der Waals surface area contributed by atoms with Crippen molar-refractivity contribution in [1.29, 1.82) is 0 Å². The molecule has 0 saturated carbocycles. The second-order valence-electron chi connectivity index (χ2n) is 5.05. The van der Waals surface area contributed by atoms with E-state index in [1.165, 1.54) is 0 Å². The molecule has 118 valence electrons. The second-order valence-corrected chi connectivity index (χ2v) is 5.05. The van der Waals surface area contributed by atoms with Crippen LogP contribution in [-0.4, -0.2) is 25.0 Å². The van der Waals surface area contributed by atoms with E-state index >= 15 is 0 Å². The lowest BCUT2D eigenvalue weighted by atomic mass is 10.0. The minimum absolute atomic E-state index is 0.151. The standard InChI is InChI=1S/C18H16O5/c1-2-21-14-6-3-12(4-7-14)15(19)10-16(20)13-5-8-17-18(9-13)23-11-22-17/h3-9H,2,10-11H2,1H3. The Morgan fingerprint density at radius 1 is 0.957 bits per heavy atom. The number of benzene rings is 2. The highest BCUT2D eigenvalue weighted by atomic mass is 16.7. The van der Waals surface area contributed by atoms with Gasteiger partial charge in [0.05, 0.1) is 13.0 Å². The van der Waals surface area contributed by atoms with Gasteiger partial charge < -0.3 is 14.2 Å². The fourth-order valence-corrected chi connectivity index (χ4v) is 2.32. The van der Waals surface area contributed by atoms with Crippen molar-refractivity contribution in [1.82, 2.24) is 0 Å². The molecule has 0 saturated heterocycles. The molecule has 0 spiro atoms. The van der Waals surface area contributed by atoms with E-state index in [9.17, 15) is 9.59 Å². The van der Waals surface area contributed by atoms with Gasteiger partial charge in [-0.1, -0.05) is 0 Å². The van der Waals surface area contributed by atoms with Crippen LogP contribution in [-0.2, 0) is 0 Å². The third kappa shape index (κ3) is 3.34. The molecule has 0 aromatic heterocycles. The Morgan fingerprint density at radius 2 is 1.61 bits per heavy atom. The zero-order valence-corrected chi connectivity index (χ0v) is 12.7. The Bertz CT molecular complexity index is 734. The van der Waals surface area contributed by atoms with Crippen molar-refractivity contribution in [3.05, 3.63) is 53.6 Å². The number of hydrogen-bond acceptors (Lipinski definition) is 5. The summed E-state index contributed by atoms with van der Waals surface area (Å²) in [5, 5.41) is 0. The highest BCUT2D eigenvalue weighted by Gasteiger charge is 2.18. The largest absolute Gasteiger partial charge is 0.494 e. The van der Waals surface area contributed by atoms with Crippen molar-refractivity contribution in [3.63, 3.8) is 0 Å².